The number of hydrogen-bond acceptors (Lipinski definition) is 3. The molecule has 1 atom stereocenters. The van der Waals surface area contributed by atoms with Crippen LogP contribution in [0.15, 0.2) is 24.3 Å². The Kier molecular flexibility index (Phi) is 5.49. The number of benzene rings is 1. The minimum absolute atomic E-state index is 0.0242. The lowest BCUT2D eigenvalue weighted by atomic mass is 9.91. The molecule has 1 heterocycles. The van der Waals surface area contributed by atoms with E-state index in [-0.39, 0.29) is 18.0 Å². The fourth-order valence-corrected chi connectivity index (χ4v) is 5.40. The number of carbonyl (C=O) groups is 1. The van der Waals surface area contributed by atoms with E-state index in [9.17, 15) is 13.2 Å². The summed E-state index contributed by atoms with van der Waals surface area (Å²) < 4.78 is 26.3. The molecule has 0 spiro atoms. The van der Waals surface area contributed by atoms with E-state index in [0.29, 0.717) is 18.7 Å². The maximum Gasteiger partial charge on any atom is 0.253 e. The Labute approximate surface area is 151 Å². The van der Waals surface area contributed by atoms with Crippen LogP contribution in [0.2, 0.25) is 0 Å². The minimum atomic E-state index is -3.21. The molecule has 5 nitrogen and oxygen atoms in total. The van der Waals surface area contributed by atoms with E-state index >= 15 is 0 Å². The molecular formula is C19H28N2O3S. The van der Waals surface area contributed by atoms with Gasteiger partial charge in [0.25, 0.3) is 5.91 Å². The Morgan fingerprint density at radius 1 is 1.00 bits per heavy atom. The third kappa shape index (κ3) is 4.23. The highest BCUT2D eigenvalue weighted by molar-refractivity contribution is 7.88. The van der Waals surface area contributed by atoms with Crippen molar-refractivity contribution in [1.82, 2.24) is 9.21 Å². The Bertz CT molecular complexity index is 711. The van der Waals surface area contributed by atoms with Crippen molar-refractivity contribution in [3.63, 3.8) is 0 Å². The Hall–Kier alpha value is -1.40. The lowest BCUT2D eigenvalue weighted by Gasteiger charge is -2.40. The highest BCUT2D eigenvalue weighted by Gasteiger charge is 2.37. The summed E-state index contributed by atoms with van der Waals surface area (Å²) in [4.78, 5) is 14.6. The van der Waals surface area contributed by atoms with Crippen molar-refractivity contribution in [2.24, 2.45) is 0 Å². The average Bonchev–Trinajstić information content (AvgIpc) is 2.75. The lowest BCUT2D eigenvalue weighted by molar-refractivity contribution is 0.0757. The topological polar surface area (TPSA) is 57.7 Å². The molecule has 0 unspecified atom stereocenters. The third-order valence-electron chi connectivity index (χ3n) is 5.46. The molecule has 1 aromatic rings. The minimum Gasteiger partial charge on any atom is -0.339 e. The van der Waals surface area contributed by atoms with Gasteiger partial charge in [-0.05, 0) is 51.2 Å². The van der Waals surface area contributed by atoms with Crippen molar-refractivity contribution in [3.05, 3.63) is 35.4 Å². The number of amides is 1. The molecule has 138 valence electrons. The number of carbonyl (C=O) groups excluding carboxylic acids is 1. The Balaban J connectivity index is 1.69. The van der Waals surface area contributed by atoms with Gasteiger partial charge >= 0.3 is 0 Å². The molecule has 1 amide bonds. The van der Waals surface area contributed by atoms with Gasteiger partial charge in [-0.1, -0.05) is 24.1 Å². The fraction of sp³-hybridized carbons (Fsp3) is 0.632. The van der Waals surface area contributed by atoms with Gasteiger partial charge in [-0.25, -0.2) is 8.42 Å². The predicted molar refractivity (Wildman–Crippen MR) is 99.0 cm³/mol. The van der Waals surface area contributed by atoms with Crippen LogP contribution in [0.4, 0.5) is 0 Å². The Morgan fingerprint density at radius 3 is 2.16 bits per heavy atom. The van der Waals surface area contributed by atoms with Crippen molar-refractivity contribution in [3.8, 4) is 0 Å². The summed E-state index contributed by atoms with van der Waals surface area (Å²) in [6.45, 7) is 3.33. The van der Waals surface area contributed by atoms with Crippen molar-refractivity contribution in [2.45, 2.75) is 57.5 Å². The predicted octanol–water partition coefficient (Wildman–Crippen LogP) is 2.80. The lowest BCUT2D eigenvalue weighted by Crippen LogP contribution is -2.50. The molecule has 0 N–H and O–H groups in total. The van der Waals surface area contributed by atoms with Crippen molar-refractivity contribution in [2.75, 3.05) is 19.3 Å². The number of hydrogen-bond donors (Lipinski definition) is 0. The van der Waals surface area contributed by atoms with Gasteiger partial charge in [0.15, 0.2) is 0 Å². The molecule has 1 aliphatic carbocycles. The summed E-state index contributed by atoms with van der Waals surface area (Å²) in [6.07, 6.45) is 6.78. The monoisotopic (exact) mass is 364 g/mol. The summed E-state index contributed by atoms with van der Waals surface area (Å²) >= 11 is 0. The maximum atomic E-state index is 12.7. The second kappa shape index (κ2) is 7.46. The molecule has 1 saturated carbocycles. The van der Waals surface area contributed by atoms with Gasteiger partial charge in [-0.2, -0.15) is 4.31 Å². The van der Waals surface area contributed by atoms with Crippen LogP contribution in [0.3, 0.4) is 0 Å². The van der Waals surface area contributed by atoms with Crippen LogP contribution in [0, 0.1) is 6.92 Å². The third-order valence-corrected chi connectivity index (χ3v) is 6.82. The molecule has 2 aliphatic rings. The quantitative estimate of drug-likeness (QED) is 0.825. The first-order valence-corrected chi connectivity index (χ1v) is 11.1. The zero-order valence-corrected chi connectivity index (χ0v) is 16.0. The van der Waals surface area contributed by atoms with Gasteiger partial charge in [-0.3, -0.25) is 4.79 Å². The smallest absolute Gasteiger partial charge is 0.253 e. The SMILES string of the molecule is Cc1ccc(C(=O)N2CCC[C@H](N(C3CCC3)S(C)(=O)=O)CC2)cc1. The number of nitrogens with zero attached hydrogens (tertiary/aromatic N) is 2. The summed E-state index contributed by atoms with van der Waals surface area (Å²) in [7, 11) is -3.21. The molecule has 1 aromatic carbocycles. The standard InChI is InChI=1S/C19H28N2O3S/c1-15-8-10-16(11-9-15)19(22)20-13-4-7-18(12-14-20)21(25(2,23)24)17-5-3-6-17/h8-11,17-18H,3-7,12-14H2,1-2H3/t18-/m0/s1. The van der Waals surface area contributed by atoms with Crippen LogP contribution >= 0.6 is 0 Å². The number of sulfonamides is 1. The van der Waals surface area contributed by atoms with E-state index in [2.05, 4.69) is 0 Å². The van der Waals surface area contributed by atoms with Gasteiger partial charge in [0, 0.05) is 30.7 Å². The van der Waals surface area contributed by atoms with E-state index in [1.165, 1.54) is 6.26 Å². The van der Waals surface area contributed by atoms with Gasteiger partial charge < -0.3 is 4.90 Å². The van der Waals surface area contributed by atoms with Crippen LogP contribution in [-0.4, -0.2) is 55.0 Å². The van der Waals surface area contributed by atoms with Crippen LogP contribution in [0.5, 0.6) is 0 Å². The number of aryl methyl sites for hydroxylation is 1. The molecule has 25 heavy (non-hydrogen) atoms. The summed E-state index contributed by atoms with van der Waals surface area (Å²) in [5, 5.41) is 0. The molecule has 6 heteroatoms. The zero-order valence-electron chi connectivity index (χ0n) is 15.1. The van der Waals surface area contributed by atoms with Gasteiger partial charge in [0.1, 0.15) is 0 Å². The molecule has 0 radical (unpaired) electrons. The summed E-state index contributed by atoms with van der Waals surface area (Å²) in [5.74, 6) is 0.0511. The van der Waals surface area contributed by atoms with E-state index in [4.69, 9.17) is 0 Å². The van der Waals surface area contributed by atoms with Crippen LogP contribution in [0.1, 0.15) is 54.4 Å². The molecule has 3 rings (SSSR count). The van der Waals surface area contributed by atoms with Crippen LogP contribution in [0.25, 0.3) is 0 Å². The van der Waals surface area contributed by atoms with E-state index < -0.39 is 10.0 Å². The first-order valence-electron chi connectivity index (χ1n) is 9.21. The van der Waals surface area contributed by atoms with Crippen molar-refractivity contribution < 1.29 is 13.2 Å². The first-order chi connectivity index (χ1) is 11.9. The molecule has 0 bridgehead atoms. The normalized spacial score (nSPS) is 22.5. The summed E-state index contributed by atoms with van der Waals surface area (Å²) in [5.41, 5.74) is 1.85. The van der Waals surface area contributed by atoms with Crippen molar-refractivity contribution in [1.29, 1.82) is 0 Å². The molecule has 1 saturated heterocycles. The molecular weight excluding hydrogens is 336 g/mol. The maximum absolute atomic E-state index is 12.7. The number of likely N-dealkylation sites (tertiary alicyclic amines) is 1. The Morgan fingerprint density at radius 2 is 1.60 bits per heavy atom. The van der Waals surface area contributed by atoms with Gasteiger partial charge in [0.05, 0.1) is 6.26 Å². The zero-order chi connectivity index (χ0) is 18.0. The van der Waals surface area contributed by atoms with E-state index in [1.54, 1.807) is 4.31 Å². The fourth-order valence-electron chi connectivity index (χ4n) is 3.90. The van der Waals surface area contributed by atoms with Crippen LogP contribution in [-0.2, 0) is 10.0 Å². The van der Waals surface area contributed by atoms with Gasteiger partial charge in [0.2, 0.25) is 10.0 Å². The highest BCUT2D eigenvalue weighted by atomic mass is 32.2. The second-order valence-electron chi connectivity index (χ2n) is 7.42. The second-order valence-corrected chi connectivity index (χ2v) is 9.31. The number of rotatable bonds is 4. The van der Waals surface area contributed by atoms with E-state index in [1.807, 2.05) is 36.1 Å². The largest absolute Gasteiger partial charge is 0.339 e. The molecule has 0 aromatic heterocycles. The highest BCUT2D eigenvalue weighted by Crippen LogP contribution is 2.32. The van der Waals surface area contributed by atoms with E-state index in [0.717, 1.165) is 44.1 Å². The van der Waals surface area contributed by atoms with Crippen molar-refractivity contribution >= 4 is 15.9 Å². The van der Waals surface area contributed by atoms with Gasteiger partial charge in [-0.15, -0.1) is 0 Å². The first kappa shape index (κ1) is 18.4. The average molecular weight is 365 g/mol. The molecule has 2 fully saturated rings. The summed E-state index contributed by atoms with van der Waals surface area (Å²) in [6, 6.07) is 7.84. The van der Waals surface area contributed by atoms with Crippen LogP contribution < -0.4 is 0 Å². The molecule has 1 aliphatic heterocycles.